The maximum absolute atomic E-state index is 13.5. The van der Waals surface area contributed by atoms with Gasteiger partial charge in [0.25, 0.3) is 0 Å². The van der Waals surface area contributed by atoms with Crippen molar-refractivity contribution in [3.8, 4) is 17.2 Å². The van der Waals surface area contributed by atoms with Crippen LogP contribution in [0.15, 0.2) is 72.3 Å². The first-order valence-corrected chi connectivity index (χ1v) is 10.5. The highest BCUT2D eigenvalue weighted by molar-refractivity contribution is 6.30. The lowest BCUT2D eigenvalue weighted by atomic mass is 10.1. The average molecular weight is 463 g/mol. The van der Waals surface area contributed by atoms with Gasteiger partial charge in [-0.3, -0.25) is 13.9 Å². The Labute approximate surface area is 193 Å². The smallest absolute Gasteiger partial charge is 0.335 e. The molecule has 2 N–H and O–H groups in total. The van der Waals surface area contributed by atoms with Gasteiger partial charge in [-0.1, -0.05) is 24.2 Å². The van der Waals surface area contributed by atoms with Gasteiger partial charge >= 0.3 is 5.69 Å². The van der Waals surface area contributed by atoms with Gasteiger partial charge in [0.1, 0.15) is 23.3 Å². The van der Waals surface area contributed by atoms with E-state index in [-0.39, 0.29) is 23.5 Å². The van der Waals surface area contributed by atoms with Gasteiger partial charge in [-0.25, -0.2) is 14.8 Å². The standard InChI is InChI=1S/C23H19ClN6O3/c1-2-19(31)28-11-16(12-28)30-22-20(21(25)26-13-27-22)29(23(30)32)15-6-8-17(9-7-15)33-18-5-3-4-14(24)10-18/h2-10,13,16H,1,11-12H2,(H2,25,26,27). The van der Waals surface area contributed by atoms with E-state index in [1.165, 1.54) is 17.0 Å². The summed E-state index contributed by atoms with van der Waals surface area (Å²) in [5.41, 5.74) is 7.25. The summed E-state index contributed by atoms with van der Waals surface area (Å²) < 4.78 is 8.88. The highest BCUT2D eigenvalue weighted by atomic mass is 35.5. The topological polar surface area (TPSA) is 108 Å². The second kappa shape index (κ2) is 8.10. The molecule has 10 heteroatoms. The lowest BCUT2D eigenvalue weighted by Gasteiger charge is -2.38. The van der Waals surface area contributed by atoms with E-state index in [9.17, 15) is 9.59 Å². The van der Waals surface area contributed by atoms with Gasteiger partial charge in [0.05, 0.1) is 11.7 Å². The van der Waals surface area contributed by atoms with Crippen LogP contribution >= 0.6 is 11.6 Å². The first kappa shape index (κ1) is 20.8. The van der Waals surface area contributed by atoms with Crippen LogP contribution < -0.4 is 16.2 Å². The van der Waals surface area contributed by atoms with Gasteiger partial charge in [0.2, 0.25) is 5.91 Å². The monoisotopic (exact) mass is 462 g/mol. The Hall–Kier alpha value is -4.11. The molecule has 1 aliphatic rings. The maximum atomic E-state index is 13.5. The number of benzene rings is 2. The Balaban J connectivity index is 1.52. The first-order chi connectivity index (χ1) is 16.0. The summed E-state index contributed by atoms with van der Waals surface area (Å²) in [7, 11) is 0. The number of nitrogens with two attached hydrogens (primary N) is 1. The molecule has 0 aliphatic carbocycles. The molecule has 0 atom stereocenters. The molecule has 166 valence electrons. The van der Waals surface area contributed by atoms with Crippen molar-refractivity contribution in [3.05, 3.63) is 83.0 Å². The molecule has 9 nitrogen and oxygen atoms in total. The Bertz CT molecular complexity index is 1440. The molecule has 0 unspecified atom stereocenters. The molecule has 0 bridgehead atoms. The van der Waals surface area contributed by atoms with Crippen molar-refractivity contribution in [2.75, 3.05) is 18.8 Å². The number of nitrogens with zero attached hydrogens (tertiary/aromatic N) is 5. The largest absolute Gasteiger partial charge is 0.457 e. The molecule has 0 radical (unpaired) electrons. The quantitative estimate of drug-likeness (QED) is 0.456. The van der Waals surface area contributed by atoms with Gasteiger partial charge in [-0.15, -0.1) is 0 Å². The molecule has 33 heavy (non-hydrogen) atoms. The molecule has 5 rings (SSSR count). The zero-order valence-electron chi connectivity index (χ0n) is 17.4. The van der Waals surface area contributed by atoms with E-state index in [4.69, 9.17) is 22.1 Å². The van der Waals surface area contributed by atoms with E-state index in [0.29, 0.717) is 46.5 Å². The van der Waals surface area contributed by atoms with E-state index >= 15 is 0 Å². The van der Waals surface area contributed by atoms with Crippen LogP contribution in [0.5, 0.6) is 11.5 Å². The van der Waals surface area contributed by atoms with Crippen LogP contribution in [0, 0.1) is 0 Å². The summed E-state index contributed by atoms with van der Waals surface area (Å²) in [5, 5.41) is 0.573. The second-order valence-corrected chi connectivity index (χ2v) is 8.01. The van der Waals surface area contributed by atoms with Crippen LogP contribution in [0.2, 0.25) is 5.02 Å². The zero-order valence-corrected chi connectivity index (χ0v) is 18.1. The molecule has 2 aromatic carbocycles. The van der Waals surface area contributed by atoms with Crippen molar-refractivity contribution in [1.82, 2.24) is 24.0 Å². The minimum atomic E-state index is -0.309. The first-order valence-electron chi connectivity index (χ1n) is 10.1. The molecule has 1 fully saturated rings. The molecular weight excluding hydrogens is 444 g/mol. The second-order valence-electron chi connectivity index (χ2n) is 7.57. The Kier molecular flexibility index (Phi) is 5.10. The molecule has 0 spiro atoms. The minimum absolute atomic E-state index is 0.174. The number of rotatable bonds is 5. The number of nitrogen functional groups attached to an aromatic ring is 1. The Morgan fingerprint density at radius 1 is 1.15 bits per heavy atom. The van der Waals surface area contributed by atoms with Gasteiger partial charge < -0.3 is 15.4 Å². The van der Waals surface area contributed by atoms with Gasteiger partial charge in [0, 0.05) is 18.1 Å². The number of imidazole rings is 1. The molecule has 4 aromatic rings. The van der Waals surface area contributed by atoms with Crippen molar-refractivity contribution in [1.29, 1.82) is 0 Å². The summed E-state index contributed by atoms with van der Waals surface area (Å²) in [4.78, 5) is 35.3. The summed E-state index contributed by atoms with van der Waals surface area (Å²) >= 11 is 6.01. The van der Waals surface area contributed by atoms with Gasteiger partial charge in [-0.05, 0) is 48.5 Å². The van der Waals surface area contributed by atoms with Crippen LogP contribution in [0.1, 0.15) is 6.04 Å². The number of ether oxygens (including phenoxy) is 1. The average Bonchev–Trinajstić information content (AvgIpc) is 3.06. The number of amides is 1. The normalized spacial score (nSPS) is 13.7. The molecule has 0 saturated carbocycles. The summed E-state index contributed by atoms with van der Waals surface area (Å²) in [6, 6.07) is 13.9. The molecule has 1 amide bonds. The van der Waals surface area contributed by atoms with Crippen LogP contribution in [0.4, 0.5) is 5.82 Å². The van der Waals surface area contributed by atoms with Crippen LogP contribution in [0.25, 0.3) is 16.9 Å². The lowest BCUT2D eigenvalue weighted by Crippen LogP contribution is -2.52. The number of halogens is 1. The van der Waals surface area contributed by atoms with Gasteiger partial charge in [0.15, 0.2) is 11.5 Å². The van der Waals surface area contributed by atoms with Crippen LogP contribution in [-0.2, 0) is 4.79 Å². The van der Waals surface area contributed by atoms with Crippen LogP contribution in [-0.4, -0.2) is 43.0 Å². The van der Waals surface area contributed by atoms with Crippen molar-refractivity contribution in [2.24, 2.45) is 0 Å². The Morgan fingerprint density at radius 3 is 2.61 bits per heavy atom. The van der Waals surface area contributed by atoms with E-state index in [0.717, 1.165) is 0 Å². The fourth-order valence-electron chi connectivity index (χ4n) is 3.89. The third-order valence-electron chi connectivity index (χ3n) is 5.52. The molecule has 2 aromatic heterocycles. The zero-order chi connectivity index (χ0) is 23.1. The van der Waals surface area contributed by atoms with Crippen molar-refractivity contribution in [2.45, 2.75) is 6.04 Å². The minimum Gasteiger partial charge on any atom is -0.457 e. The molecule has 3 heterocycles. The Morgan fingerprint density at radius 2 is 1.91 bits per heavy atom. The summed E-state index contributed by atoms with van der Waals surface area (Å²) in [6.07, 6.45) is 2.58. The van der Waals surface area contributed by atoms with E-state index in [1.807, 2.05) is 0 Å². The van der Waals surface area contributed by atoms with Crippen molar-refractivity contribution < 1.29 is 9.53 Å². The third-order valence-corrected chi connectivity index (χ3v) is 5.76. The fourth-order valence-corrected chi connectivity index (χ4v) is 4.07. The van der Waals surface area contributed by atoms with Crippen LogP contribution in [0.3, 0.4) is 0 Å². The number of hydrogen-bond acceptors (Lipinski definition) is 6. The number of carbonyl (C=O) groups is 1. The van der Waals surface area contributed by atoms with Crippen molar-refractivity contribution in [3.63, 3.8) is 0 Å². The van der Waals surface area contributed by atoms with E-state index in [2.05, 4.69) is 16.5 Å². The summed E-state index contributed by atoms with van der Waals surface area (Å²) in [5.74, 6) is 1.20. The highest BCUT2D eigenvalue weighted by Crippen LogP contribution is 2.29. The predicted molar refractivity (Wildman–Crippen MR) is 125 cm³/mol. The maximum Gasteiger partial charge on any atom is 0.335 e. The number of likely N-dealkylation sites (tertiary alicyclic amines) is 1. The van der Waals surface area contributed by atoms with E-state index in [1.54, 1.807) is 58.0 Å². The van der Waals surface area contributed by atoms with E-state index < -0.39 is 0 Å². The number of fused-ring (bicyclic) bond motifs is 1. The number of hydrogen-bond donors (Lipinski definition) is 1. The number of carbonyl (C=O) groups excluding carboxylic acids is 1. The van der Waals surface area contributed by atoms with Crippen molar-refractivity contribution >= 4 is 34.5 Å². The summed E-state index contributed by atoms with van der Waals surface area (Å²) in [6.45, 7) is 4.28. The number of anilines is 1. The predicted octanol–water partition coefficient (Wildman–Crippen LogP) is 3.18. The molecule has 1 aliphatic heterocycles. The molecular formula is C23H19ClN6O3. The highest BCUT2D eigenvalue weighted by Gasteiger charge is 2.34. The third kappa shape index (κ3) is 3.62. The number of aromatic nitrogens is 4. The SMILES string of the molecule is C=CC(=O)N1CC(n2c(=O)n(-c3ccc(Oc4cccc(Cl)c4)cc3)c3c(N)ncnc32)C1. The molecule has 1 saturated heterocycles. The lowest BCUT2D eigenvalue weighted by molar-refractivity contribution is -0.131. The van der Waals surface area contributed by atoms with Gasteiger partial charge in [-0.2, -0.15) is 0 Å². The fraction of sp³-hybridized carbons (Fsp3) is 0.130.